The molecular weight excluding hydrogens is 237 g/mol. The Morgan fingerprint density at radius 2 is 2.06 bits per heavy atom. The van der Waals surface area contributed by atoms with Crippen LogP contribution in [0.4, 0.5) is 4.39 Å². The van der Waals surface area contributed by atoms with E-state index < -0.39 is 23.6 Å². The minimum Gasteiger partial charge on any atom is -0.507 e. The standard InChI is InChI=1S/C13H16FNO3/c14-8-5-6-9(12(17)7-8)13(18)15-10-3-1-2-4-11(10)16/h5-7,10-11,16-17H,1-4H2,(H,15,18)/t10-,11-/m0/s1. The fourth-order valence-corrected chi connectivity index (χ4v) is 2.22. The van der Waals surface area contributed by atoms with Gasteiger partial charge in [-0.05, 0) is 25.0 Å². The van der Waals surface area contributed by atoms with Gasteiger partial charge < -0.3 is 15.5 Å². The Morgan fingerprint density at radius 1 is 1.33 bits per heavy atom. The van der Waals surface area contributed by atoms with Gasteiger partial charge in [0.2, 0.25) is 0 Å². The molecule has 0 spiro atoms. The van der Waals surface area contributed by atoms with Crippen LogP contribution in [-0.2, 0) is 0 Å². The summed E-state index contributed by atoms with van der Waals surface area (Å²) < 4.78 is 12.8. The van der Waals surface area contributed by atoms with E-state index >= 15 is 0 Å². The molecule has 1 aromatic rings. The number of aliphatic hydroxyl groups is 1. The van der Waals surface area contributed by atoms with Crippen LogP contribution in [0.3, 0.4) is 0 Å². The molecule has 0 aromatic heterocycles. The van der Waals surface area contributed by atoms with Crippen LogP contribution in [0.5, 0.6) is 5.75 Å². The quantitative estimate of drug-likeness (QED) is 0.749. The minimum atomic E-state index is -0.596. The Kier molecular flexibility index (Phi) is 3.81. The fourth-order valence-electron chi connectivity index (χ4n) is 2.22. The summed E-state index contributed by atoms with van der Waals surface area (Å²) in [5.74, 6) is -1.47. The molecule has 98 valence electrons. The average Bonchev–Trinajstić information content (AvgIpc) is 2.32. The van der Waals surface area contributed by atoms with Crippen LogP contribution in [-0.4, -0.2) is 28.3 Å². The lowest BCUT2D eigenvalue weighted by Gasteiger charge is -2.28. The average molecular weight is 253 g/mol. The van der Waals surface area contributed by atoms with Gasteiger partial charge in [0.15, 0.2) is 0 Å². The van der Waals surface area contributed by atoms with E-state index in [-0.39, 0.29) is 11.6 Å². The number of phenolic OH excluding ortho intramolecular Hbond substituents is 1. The maximum atomic E-state index is 12.8. The lowest BCUT2D eigenvalue weighted by Crippen LogP contribution is -2.45. The maximum absolute atomic E-state index is 12.8. The van der Waals surface area contributed by atoms with Crippen molar-refractivity contribution in [3.05, 3.63) is 29.6 Å². The summed E-state index contributed by atoms with van der Waals surface area (Å²) >= 11 is 0. The van der Waals surface area contributed by atoms with Crippen LogP contribution in [0.25, 0.3) is 0 Å². The van der Waals surface area contributed by atoms with Crippen LogP contribution in [0, 0.1) is 5.82 Å². The van der Waals surface area contributed by atoms with Crippen molar-refractivity contribution in [1.29, 1.82) is 0 Å². The summed E-state index contributed by atoms with van der Waals surface area (Å²) in [4.78, 5) is 11.9. The van der Waals surface area contributed by atoms with E-state index in [0.29, 0.717) is 6.42 Å². The monoisotopic (exact) mass is 253 g/mol. The third-order valence-electron chi connectivity index (χ3n) is 3.25. The van der Waals surface area contributed by atoms with Gasteiger partial charge in [0, 0.05) is 6.07 Å². The summed E-state index contributed by atoms with van der Waals surface area (Å²) in [5, 5.41) is 21.9. The fraction of sp³-hybridized carbons (Fsp3) is 0.462. The van der Waals surface area contributed by atoms with E-state index in [2.05, 4.69) is 5.32 Å². The van der Waals surface area contributed by atoms with Crippen LogP contribution in [0.1, 0.15) is 36.0 Å². The SMILES string of the molecule is O=C(N[C@H]1CCCC[C@@H]1O)c1ccc(F)cc1O. The Balaban J connectivity index is 2.07. The van der Waals surface area contributed by atoms with Crippen molar-refractivity contribution >= 4 is 5.91 Å². The zero-order valence-corrected chi connectivity index (χ0v) is 9.90. The first-order chi connectivity index (χ1) is 8.58. The normalized spacial score (nSPS) is 23.7. The number of aliphatic hydroxyl groups excluding tert-OH is 1. The highest BCUT2D eigenvalue weighted by Gasteiger charge is 2.25. The second-order valence-electron chi connectivity index (χ2n) is 4.59. The van der Waals surface area contributed by atoms with Gasteiger partial charge in [-0.2, -0.15) is 0 Å². The first kappa shape index (κ1) is 12.8. The number of rotatable bonds is 2. The number of carbonyl (C=O) groups excluding carboxylic acids is 1. The van der Waals surface area contributed by atoms with Crippen molar-refractivity contribution in [2.75, 3.05) is 0 Å². The second kappa shape index (κ2) is 5.35. The van der Waals surface area contributed by atoms with Crippen molar-refractivity contribution in [2.24, 2.45) is 0 Å². The first-order valence-corrected chi connectivity index (χ1v) is 6.05. The predicted octanol–water partition coefficient (Wildman–Crippen LogP) is 1.56. The topological polar surface area (TPSA) is 69.6 Å². The Hall–Kier alpha value is -1.62. The Bertz CT molecular complexity index is 450. The zero-order valence-electron chi connectivity index (χ0n) is 9.90. The highest BCUT2D eigenvalue weighted by Crippen LogP contribution is 2.21. The van der Waals surface area contributed by atoms with Gasteiger partial charge in [-0.15, -0.1) is 0 Å². The number of benzene rings is 1. The molecule has 18 heavy (non-hydrogen) atoms. The van der Waals surface area contributed by atoms with Gasteiger partial charge in [-0.25, -0.2) is 4.39 Å². The van der Waals surface area contributed by atoms with E-state index in [9.17, 15) is 19.4 Å². The number of nitrogens with one attached hydrogen (secondary N) is 1. The second-order valence-corrected chi connectivity index (χ2v) is 4.59. The highest BCUT2D eigenvalue weighted by molar-refractivity contribution is 5.97. The van der Waals surface area contributed by atoms with Crippen LogP contribution in [0.15, 0.2) is 18.2 Å². The molecule has 0 saturated heterocycles. The molecule has 1 aliphatic rings. The summed E-state index contributed by atoms with van der Waals surface area (Å²) in [6, 6.07) is 2.95. The Morgan fingerprint density at radius 3 is 2.72 bits per heavy atom. The van der Waals surface area contributed by atoms with E-state index in [0.717, 1.165) is 31.4 Å². The molecule has 2 rings (SSSR count). The van der Waals surface area contributed by atoms with Gasteiger partial charge >= 0.3 is 0 Å². The van der Waals surface area contributed by atoms with Crippen LogP contribution < -0.4 is 5.32 Å². The number of carbonyl (C=O) groups is 1. The van der Waals surface area contributed by atoms with E-state index in [1.54, 1.807) is 0 Å². The number of hydrogen-bond donors (Lipinski definition) is 3. The minimum absolute atomic E-state index is 0.0224. The number of phenols is 1. The predicted molar refractivity (Wildman–Crippen MR) is 63.8 cm³/mol. The third kappa shape index (κ3) is 2.79. The highest BCUT2D eigenvalue weighted by atomic mass is 19.1. The van der Waals surface area contributed by atoms with E-state index in [1.807, 2.05) is 0 Å². The molecule has 3 N–H and O–H groups in total. The molecule has 0 unspecified atom stereocenters. The largest absolute Gasteiger partial charge is 0.507 e. The number of amides is 1. The summed E-state index contributed by atoms with van der Waals surface area (Å²) in [7, 11) is 0. The molecule has 0 heterocycles. The van der Waals surface area contributed by atoms with E-state index in [4.69, 9.17) is 0 Å². The lowest BCUT2D eigenvalue weighted by atomic mass is 9.92. The summed E-state index contributed by atoms with van der Waals surface area (Å²) in [5.41, 5.74) is 0.0224. The summed E-state index contributed by atoms with van der Waals surface area (Å²) in [6.07, 6.45) is 2.74. The molecule has 1 aromatic carbocycles. The first-order valence-electron chi connectivity index (χ1n) is 6.05. The van der Waals surface area contributed by atoms with Gasteiger partial charge in [-0.1, -0.05) is 12.8 Å². The number of hydrogen-bond acceptors (Lipinski definition) is 3. The van der Waals surface area contributed by atoms with Crippen LogP contribution >= 0.6 is 0 Å². The smallest absolute Gasteiger partial charge is 0.255 e. The lowest BCUT2D eigenvalue weighted by molar-refractivity contribution is 0.0715. The van der Waals surface area contributed by atoms with Crippen molar-refractivity contribution in [2.45, 2.75) is 37.8 Å². The molecule has 1 amide bonds. The molecule has 0 radical (unpaired) electrons. The van der Waals surface area contributed by atoms with Crippen molar-refractivity contribution in [1.82, 2.24) is 5.32 Å². The van der Waals surface area contributed by atoms with Crippen molar-refractivity contribution < 1.29 is 19.4 Å². The van der Waals surface area contributed by atoms with Crippen molar-refractivity contribution in [3.8, 4) is 5.75 Å². The third-order valence-corrected chi connectivity index (χ3v) is 3.25. The Labute approximate surface area is 104 Å². The molecule has 1 fully saturated rings. The zero-order chi connectivity index (χ0) is 13.1. The van der Waals surface area contributed by atoms with Gasteiger partial charge in [0.1, 0.15) is 11.6 Å². The van der Waals surface area contributed by atoms with E-state index in [1.165, 1.54) is 6.07 Å². The molecule has 1 aliphatic carbocycles. The molecule has 5 heteroatoms. The molecular formula is C13H16FNO3. The number of aromatic hydroxyl groups is 1. The molecule has 4 nitrogen and oxygen atoms in total. The maximum Gasteiger partial charge on any atom is 0.255 e. The molecule has 2 atom stereocenters. The number of halogens is 1. The molecule has 1 saturated carbocycles. The molecule has 0 aliphatic heterocycles. The van der Waals surface area contributed by atoms with Gasteiger partial charge in [-0.3, -0.25) is 4.79 Å². The summed E-state index contributed by atoms with van der Waals surface area (Å²) in [6.45, 7) is 0. The van der Waals surface area contributed by atoms with Gasteiger partial charge in [0.25, 0.3) is 5.91 Å². The van der Waals surface area contributed by atoms with Gasteiger partial charge in [0.05, 0.1) is 17.7 Å². The molecule has 0 bridgehead atoms. The van der Waals surface area contributed by atoms with Crippen LogP contribution in [0.2, 0.25) is 0 Å². The van der Waals surface area contributed by atoms with Crippen molar-refractivity contribution in [3.63, 3.8) is 0 Å².